The molecule has 0 radical (unpaired) electrons. The van der Waals surface area contributed by atoms with Crippen LogP contribution in [0.25, 0.3) is 0 Å². The molecule has 0 aromatic carbocycles. The van der Waals surface area contributed by atoms with Gasteiger partial charge in [-0.15, -0.1) is 0 Å². The summed E-state index contributed by atoms with van der Waals surface area (Å²) >= 11 is 0. The molecule has 0 saturated carbocycles. The van der Waals surface area contributed by atoms with E-state index in [1.807, 2.05) is 41.5 Å². The number of rotatable bonds is 24. The van der Waals surface area contributed by atoms with Crippen LogP contribution in [0.5, 0.6) is 0 Å². The lowest BCUT2D eigenvalue weighted by molar-refractivity contribution is -0.223. The fourth-order valence-electron chi connectivity index (χ4n) is 6.47. The maximum absolute atomic E-state index is 13.6. The molecular weight excluding hydrogens is 512 g/mol. The minimum Gasteiger partial charge on any atom is -0.481 e. The number of hydrogen-bond acceptors (Lipinski definition) is 5. The minimum atomic E-state index is -2.75. The van der Waals surface area contributed by atoms with Crippen LogP contribution >= 0.6 is 0 Å². The highest BCUT2D eigenvalue weighted by Crippen LogP contribution is 2.53. The molecule has 234 valence electrons. The van der Waals surface area contributed by atoms with Crippen LogP contribution in [0, 0.1) is 29.1 Å². The molecule has 8 nitrogen and oxygen atoms in total. The number of carbonyl (C=O) groups excluding carboxylic acids is 1. The zero-order valence-corrected chi connectivity index (χ0v) is 26.3. The standard InChI is InChI=1S/C32H58O8/c1-8-14-17-24(11-4)20-27(28(34)35)32(30(38)39,40-23(7)33)31(29(36)37,21-25(12-5)18-15-9-2)22-26(13-6)19-16-10-3/h24-27H,8-22H2,1-7H3,(H,34,35)(H,36,37)(H,38,39). The van der Waals surface area contributed by atoms with Crippen LogP contribution in [0.2, 0.25) is 0 Å². The average molecular weight is 571 g/mol. The number of carboxylic acid groups (broad SMARTS) is 3. The van der Waals surface area contributed by atoms with Gasteiger partial charge >= 0.3 is 23.9 Å². The van der Waals surface area contributed by atoms with Gasteiger partial charge in [0.15, 0.2) is 0 Å². The molecule has 0 bridgehead atoms. The van der Waals surface area contributed by atoms with Crippen LogP contribution in [0.4, 0.5) is 0 Å². The van der Waals surface area contributed by atoms with Gasteiger partial charge in [0.05, 0.1) is 0 Å². The van der Waals surface area contributed by atoms with Crippen LogP contribution < -0.4 is 0 Å². The van der Waals surface area contributed by atoms with Gasteiger partial charge in [-0.2, -0.15) is 0 Å². The van der Waals surface area contributed by atoms with Crippen molar-refractivity contribution in [3.05, 3.63) is 0 Å². The Bertz CT molecular complexity index is 761. The molecule has 0 aliphatic rings. The Labute approximate surface area is 242 Å². The Morgan fingerprint density at radius 2 is 1.05 bits per heavy atom. The molecule has 0 saturated heterocycles. The van der Waals surface area contributed by atoms with Gasteiger partial charge in [0.1, 0.15) is 11.3 Å². The number of hydrogen-bond donors (Lipinski definition) is 3. The summed E-state index contributed by atoms with van der Waals surface area (Å²) < 4.78 is 5.70. The third kappa shape index (κ3) is 10.1. The van der Waals surface area contributed by atoms with Gasteiger partial charge in [0.2, 0.25) is 5.60 Å². The first-order valence-electron chi connectivity index (χ1n) is 15.8. The van der Waals surface area contributed by atoms with E-state index >= 15 is 0 Å². The molecule has 0 heterocycles. The quantitative estimate of drug-likeness (QED) is 0.0993. The molecular formula is C32H58O8. The smallest absolute Gasteiger partial charge is 0.350 e. The first kappa shape index (κ1) is 37.9. The molecule has 0 aliphatic carbocycles. The molecule has 0 rings (SSSR count). The number of carbonyl (C=O) groups is 4. The minimum absolute atomic E-state index is 0.0590. The first-order chi connectivity index (χ1) is 18.9. The Morgan fingerprint density at radius 1 is 0.650 bits per heavy atom. The van der Waals surface area contributed by atoms with Gasteiger partial charge in [0, 0.05) is 6.92 Å². The highest BCUT2D eigenvalue weighted by molar-refractivity contribution is 5.95. The van der Waals surface area contributed by atoms with Crippen molar-refractivity contribution in [3.8, 4) is 0 Å². The van der Waals surface area contributed by atoms with Crippen LogP contribution in [0.15, 0.2) is 0 Å². The second-order valence-corrected chi connectivity index (χ2v) is 11.8. The SMILES string of the molecule is CCCCC(CC)CC(C(=O)O)C(OC(C)=O)(C(=O)O)C(CC(CC)CCCC)(CC(CC)CCCC)C(=O)O. The summed E-state index contributed by atoms with van der Waals surface area (Å²) in [6.07, 6.45) is 8.92. The highest BCUT2D eigenvalue weighted by Gasteiger charge is 2.70. The fraction of sp³-hybridized carbons (Fsp3) is 0.875. The molecule has 0 aliphatic heterocycles. The van der Waals surface area contributed by atoms with Crippen LogP contribution in [-0.2, 0) is 23.9 Å². The molecule has 0 spiro atoms. The van der Waals surface area contributed by atoms with Gasteiger partial charge in [-0.05, 0) is 37.0 Å². The number of esters is 1. The Balaban J connectivity index is 7.62. The molecule has 5 atom stereocenters. The topological polar surface area (TPSA) is 138 Å². The summed E-state index contributed by atoms with van der Waals surface area (Å²) in [6.45, 7) is 13.0. The summed E-state index contributed by atoms with van der Waals surface area (Å²) in [5.41, 5.74) is -4.87. The summed E-state index contributed by atoms with van der Waals surface area (Å²) in [4.78, 5) is 52.8. The summed E-state index contributed by atoms with van der Waals surface area (Å²) in [7, 11) is 0. The average Bonchev–Trinajstić information content (AvgIpc) is 2.90. The van der Waals surface area contributed by atoms with E-state index in [0.29, 0.717) is 38.5 Å². The molecule has 0 aromatic rings. The van der Waals surface area contributed by atoms with Crippen molar-refractivity contribution in [2.75, 3.05) is 0 Å². The largest absolute Gasteiger partial charge is 0.481 e. The normalized spacial score (nSPS) is 17.6. The van der Waals surface area contributed by atoms with E-state index in [2.05, 4.69) is 0 Å². The molecule has 0 fully saturated rings. The van der Waals surface area contributed by atoms with Crippen LogP contribution in [-0.4, -0.2) is 44.8 Å². The van der Waals surface area contributed by atoms with E-state index < -0.39 is 40.8 Å². The molecule has 5 unspecified atom stereocenters. The number of ether oxygens (including phenoxy) is 1. The second kappa shape index (κ2) is 19.1. The van der Waals surface area contributed by atoms with Crippen LogP contribution in [0.1, 0.15) is 145 Å². The van der Waals surface area contributed by atoms with Crippen molar-refractivity contribution in [2.24, 2.45) is 29.1 Å². The van der Waals surface area contributed by atoms with Crippen molar-refractivity contribution in [1.82, 2.24) is 0 Å². The first-order valence-corrected chi connectivity index (χ1v) is 15.8. The van der Waals surface area contributed by atoms with E-state index in [1.165, 1.54) is 0 Å². The van der Waals surface area contributed by atoms with Gasteiger partial charge < -0.3 is 20.1 Å². The number of carboxylic acids is 3. The molecule has 0 amide bonds. The highest BCUT2D eigenvalue weighted by atomic mass is 16.6. The molecule has 0 aromatic heterocycles. The van der Waals surface area contributed by atoms with Crippen molar-refractivity contribution in [2.45, 2.75) is 150 Å². The maximum Gasteiger partial charge on any atom is 0.350 e. The third-order valence-corrected chi connectivity index (χ3v) is 9.00. The van der Waals surface area contributed by atoms with E-state index in [1.54, 1.807) is 0 Å². The zero-order valence-electron chi connectivity index (χ0n) is 26.3. The van der Waals surface area contributed by atoms with Crippen molar-refractivity contribution in [1.29, 1.82) is 0 Å². The van der Waals surface area contributed by atoms with E-state index in [4.69, 9.17) is 4.74 Å². The van der Waals surface area contributed by atoms with Crippen molar-refractivity contribution >= 4 is 23.9 Å². The van der Waals surface area contributed by atoms with E-state index in [0.717, 1.165) is 45.4 Å². The van der Waals surface area contributed by atoms with Gasteiger partial charge in [-0.1, -0.05) is 119 Å². The number of unbranched alkanes of at least 4 members (excludes halogenated alkanes) is 3. The molecule has 40 heavy (non-hydrogen) atoms. The van der Waals surface area contributed by atoms with Gasteiger partial charge in [-0.25, -0.2) is 4.79 Å². The molecule has 3 N–H and O–H groups in total. The third-order valence-electron chi connectivity index (χ3n) is 9.00. The second-order valence-electron chi connectivity index (χ2n) is 11.8. The van der Waals surface area contributed by atoms with Gasteiger partial charge in [-0.3, -0.25) is 14.4 Å². The Kier molecular flexibility index (Phi) is 18.1. The lowest BCUT2D eigenvalue weighted by atomic mass is 9.56. The Morgan fingerprint density at radius 3 is 1.32 bits per heavy atom. The lowest BCUT2D eigenvalue weighted by Gasteiger charge is -2.49. The number of aliphatic carboxylic acids is 3. The van der Waals surface area contributed by atoms with Crippen molar-refractivity contribution < 1.29 is 39.2 Å². The lowest BCUT2D eigenvalue weighted by Crippen LogP contribution is -2.67. The predicted octanol–water partition coefficient (Wildman–Crippen LogP) is 7.96. The predicted molar refractivity (Wildman–Crippen MR) is 157 cm³/mol. The monoisotopic (exact) mass is 570 g/mol. The zero-order chi connectivity index (χ0) is 30.9. The summed E-state index contributed by atoms with van der Waals surface area (Å²) in [5, 5.41) is 32.6. The summed E-state index contributed by atoms with van der Waals surface area (Å²) in [6, 6.07) is 0. The maximum atomic E-state index is 13.6. The Hall–Kier alpha value is -2.12. The van der Waals surface area contributed by atoms with Crippen LogP contribution in [0.3, 0.4) is 0 Å². The molecule has 8 heteroatoms. The fourth-order valence-corrected chi connectivity index (χ4v) is 6.47. The van der Waals surface area contributed by atoms with Crippen molar-refractivity contribution in [3.63, 3.8) is 0 Å². The summed E-state index contributed by atoms with van der Waals surface area (Å²) in [5.74, 6) is -7.68. The van der Waals surface area contributed by atoms with E-state index in [9.17, 15) is 34.5 Å². The van der Waals surface area contributed by atoms with E-state index in [-0.39, 0.29) is 37.0 Å². The van der Waals surface area contributed by atoms with Gasteiger partial charge in [0.25, 0.3) is 0 Å².